The SMILES string of the molecule is C/C(=C\C=C\c1cccc2ccccc12)C(F)(F)F. The summed E-state index contributed by atoms with van der Waals surface area (Å²) in [5.41, 5.74) is 0.299. The molecule has 0 aromatic heterocycles. The molecule has 0 spiro atoms. The van der Waals surface area contributed by atoms with E-state index < -0.39 is 11.7 Å². The molecule has 3 heteroatoms. The molecule has 0 aliphatic carbocycles. The van der Waals surface area contributed by atoms with Crippen molar-refractivity contribution in [2.75, 3.05) is 0 Å². The smallest absolute Gasteiger partial charge is 0.166 e. The van der Waals surface area contributed by atoms with Crippen LogP contribution in [0, 0.1) is 0 Å². The maximum absolute atomic E-state index is 12.3. The van der Waals surface area contributed by atoms with Gasteiger partial charge < -0.3 is 0 Å². The highest BCUT2D eigenvalue weighted by molar-refractivity contribution is 5.90. The maximum Gasteiger partial charge on any atom is 0.412 e. The van der Waals surface area contributed by atoms with E-state index in [0.717, 1.165) is 29.3 Å². The van der Waals surface area contributed by atoms with Crippen molar-refractivity contribution < 1.29 is 13.2 Å². The Morgan fingerprint density at radius 2 is 1.68 bits per heavy atom. The predicted octanol–water partition coefficient (Wildman–Crippen LogP) is 5.36. The average molecular weight is 262 g/mol. The molecule has 0 aliphatic rings. The molecule has 0 unspecified atom stereocenters. The van der Waals surface area contributed by atoms with Crippen LogP contribution in [-0.4, -0.2) is 6.18 Å². The number of rotatable bonds is 2. The minimum atomic E-state index is -4.26. The quantitative estimate of drug-likeness (QED) is 0.639. The summed E-state index contributed by atoms with van der Waals surface area (Å²) in [6, 6.07) is 13.5. The van der Waals surface area contributed by atoms with Crippen LogP contribution in [0.25, 0.3) is 16.8 Å². The number of allylic oxidation sites excluding steroid dienone is 3. The minimum Gasteiger partial charge on any atom is -0.166 e. The van der Waals surface area contributed by atoms with Crippen LogP contribution in [0.2, 0.25) is 0 Å². The molecule has 0 saturated heterocycles. The Morgan fingerprint density at radius 1 is 1.00 bits per heavy atom. The van der Waals surface area contributed by atoms with Gasteiger partial charge in [-0.1, -0.05) is 60.7 Å². The van der Waals surface area contributed by atoms with Gasteiger partial charge >= 0.3 is 6.18 Å². The van der Waals surface area contributed by atoms with E-state index in [1.165, 1.54) is 6.08 Å². The number of benzene rings is 2. The molecule has 0 aliphatic heterocycles. The normalized spacial score (nSPS) is 13.4. The van der Waals surface area contributed by atoms with Crippen molar-refractivity contribution in [1.29, 1.82) is 0 Å². The topological polar surface area (TPSA) is 0 Å². The first-order valence-electron chi connectivity index (χ1n) is 5.88. The molecule has 0 fully saturated rings. The van der Waals surface area contributed by atoms with Gasteiger partial charge in [-0.25, -0.2) is 0 Å². The van der Waals surface area contributed by atoms with E-state index in [-0.39, 0.29) is 0 Å². The fourth-order valence-electron chi connectivity index (χ4n) is 1.79. The standard InChI is InChI=1S/C16H13F3/c1-12(16(17,18)19)6-4-8-14-10-5-9-13-7-2-3-11-15(13)14/h2-11H,1H3/b8-4+,12-6+. The second kappa shape index (κ2) is 5.31. The second-order valence-electron chi connectivity index (χ2n) is 4.27. The van der Waals surface area contributed by atoms with Gasteiger partial charge in [-0.05, 0) is 23.3 Å². The second-order valence-corrected chi connectivity index (χ2v) is 4.27. The van der Waals surface area contributed by atoms with Crippen LogP contribution in [0.4, 0.5) is 13.2 Å². The largest absolute Gasteiger partial charge is 0.412 e. The van der Waals surface area contributed by atoms with Crippen molar-refractivity contribution in [3.63, 3.8) is 0 Å². The predicted molar refractivity (Wildman–Crippen MR) is 72.8 cm³/mol. The first-order valence-corrected chi connectivity index (χ1v) is 5.88. The van der Waals surface area contributed by atoms with Crippen molar-refractivity contribution in [3.8, 4) is 0 Å². The van der Waals surface area contributed by atoms with Crippen LogP contribution in [-0.2, 0) is 0 Å². The van der Waals surface area contributed by atoms with Gasteiger partial charge in [0.15, 0.2) is 0 Å². The summed E-state index contributed by atoms with van der Waals surface area (Å²) >= 11 is 0. The molecule has 0 bridgehead atoms. The van der Waals surface area contributed by atoms with Crippen LogP contribution in [0.1, 0.15) is 12.5 Å². The average Bonchev–Trinajstić information content (AvgIpc) is 2.38. The van der Waals surface area contributed by atoms with Gasteiger partial charge in [0.25, 0.3) is 0 Å². The van der Waals surface area contributed by atoms with Crippen molar-refractivity contribution in [2.24, 2.45) is 0 Å². The summed E-state index contributed by atoms with van der Waals surface area (Å²) in [4.78, 5) is 0. The lowest BCUT2D eigenvalue weighted by Gasteiger charge is -2.04. The van der Waals surface area contributed by atoms with Crippen molar-refractivity contribution in [1.82, 2.24) is 0 Å². The van der Waals surface area contributed by atoms with E-state index in [9.17, 15) is 13.2 Å². The van der Waals surface area contributed by atoms with E-state index in [2.05, 4.69) is 0 Å². The third-order valence-electron chi connectivity index (χ3n) is 2.89. The monoisotopic (exact) mass is 262 g/mol. The Morgan fingerprint density at radius 3 is 2.42 bits per heavy atom. The zero-order valence-electron chi connectivity index (χ0n) is 10.4. The van der Waals surface area contributed by atoms with Gasteiger partial charge in [0.2, 0.25) is 0 Å². The Bertz CT molecular complexity index is 628. The fraction of sp³-hybridized carbons (Fsp3) is 0.125. The highest BCUT2D eigenvalue weighted by Crippen LogP contribution is 2.25. The van der Waals surface area contributed by atoms with Gasteiger partial charge in [0.05, 0.1) is 0 Å². The van der Waals surface area contributed by atoms with E-state index in [1.54, 1.807) is 6.08 Å². The number of fused-ring (bicyclic) bond motifs is 1. The number of hydrogen-bond acceptors (Lipinski definition) is 0. The van der Waals surface area contributed by atoms with Crippen molar-refractivity contribution in [3.05, 3.63) is 65.8 Å². The summed E-state index contributed by atoms with van der Waals surface area (Å²) in [6.07, 6.45) is -0.0486. The van der Waals surface area contributed by atoms with Crippen molar-refractivity contribution in [2.45, 2.75) is 13.1 Å². The summed E-state index contributed by atoms with van der Waals surface area (Å²) in [7, 11) is 0. The molecule has 0 N–H and O–H groups in total. The molecular weight excluding hydrogens is 249 g/mol. The molecular formula is C16H13F3. The van der Waals surface area contributed by atoms with Gasteiger partial charge in [0, 0.05) is 5.57 Å². The zero-order valence-corrected chi connectivity index (χ0v) is 10.4. The zero-order chi connectivity index (χ0) is 13.9. The molecule has 2 aromatic rings. The molecule has 0 nitrogen and oxygen atoms in total. The third kappa shape index (κ3) is 3.25. The van der Waals surface area contributed by atoms with Gasteiger partial charge in [-0.2, -0.15) is 13.2 Å². The lowest BCUT2D eigenvalue weighted by Crippen LogP contribution is -2.08. The van der Waals surface area contributed by atoms with E-state index >= 15 is 0 Å². The molecule has 98 valence electrons. The van der Waals surface area contributed by atoms with E-state index in [4.69, 9.17) is 0 Å². The van der Waals surface area contributed by atoms with Crippen LogP contribution < -0.4 is 0 Å². The number of alkyl halides is 3. The highest BCUT2D eigenvalue weighted by Gasteiger charge is 2.29. The van der Waals surface area contributed by atoms with Crippen LogP contribution in [0.5, 0.6) is 0 Å². The van der Waals surface area contributed by atoms with Crippen LogP contribution in [0.3, 0.4) is 0 Å². The Labute approximate surface area is 109 Å². The number of halogens is 3. The molecule has 0 radical (unpaired) electrons. The molecule has 2 rings (SSSR count). The molecule has 0 amide bonds. The summed E-state index contributed by atoms with van der Waals surface area (Å²) in [5.74, 6) is 0. The minimum absolute atomic E-state index is 0.607. The third-order valence-corrected chi connectivity index (χ3v) is 2.89. The van der Waals surface area contributed by atoms with Crippen LogP contribution in [0.15, 0.2) is 60.2 Å². The van der Waals surface area contributed by atoms with Gasteiger partial charge in [-0.3, -0.25) is 0 Å². The molecule has 0 saturated carbocycles. The van der Waals surface area contributed by atoms with Gasteiger partial charge in [-0.15, -0.1) is 0 Å². The maximum atomic E-state index is 12.3. The van der Waals surface area contributed by atoms with Crippen LogP contribution >= 0.6 is 0 Å². The molecule has 0 atom stereocenters. The lowest BCUT2D eigenvalue weighted by molar-refractivity contribution is -0.0912. The molecule has 0 heterocycles. The van der Waals surface area contributed by atoms with E-state index in [1.807, 2.05) is 42.5 Å². The molecule has 19 heavy (non-hydrogen) atoms. The Kier molecular flexibility index (Phi) is 3.74. The van der Waals surface area contributed by atoms with Crippen molar-refractivity contribution >= 4 is 16.8 Å². The molecule has 2 aromatic carbocycles. The Hall–Kier alpha value is -2.03. The summed E-state index contributed by atoms with van der Waals surface area (Å²) in [5, 5.41) is 2.10. The summed E-state index contributed by atoms with van der Waals surface area (Å²) in [6.45, 7) is 1.06. The first kappa shape index (κ1) is 13.4. The highest BCUT2D eigenvalue weighted by atomic mass is 19.4. The first-order chi connectivity index (χ1) is 8.98. The summed E-state index contributed by atoms with van der Waals surface area (Å²) < 4.78 is 37.0. The lowest BCUT2D eigenvalue weighted by atomic mass is 10.0. The Balaban J connectivity index is 2.32. The van der Waals surface area contributed by atoms with E-state index in [0.29, 0.717) is 0 Å². The fourth-order valence-corrected chi connectivity index (χ4v) is 1.79. The number of hydrogen-bond donors (Lipinski definition) is 0. The van der Waals surface area contributed by atoms with Gasteiger partial charge in [0.1, 0.15) is 0 Å².